The van der Waals surface area contributed by atoms with Crippen LogP contribution in [0.5, 0.6) is 5.75 Å². The topological polar surface area (TPSA) is 77.8 Å². The van der Waals surface area contributed by atoms with Crippen molar-refractivity contribution in [2.24, 2.45) is 0 Å². The molecule has 1 aliphatic rings. The first kappa shape index (κ1) is 17.0. The summed E-state index contributed by atoms with van der Waals surface area (Å²) in [4.78, 5) is 0. The van der Waals surface area contributed by atoms with Crippen molar-refractivity contribution in [1.82, 2.24) is 4.72 Å². The molecule has 0 saturated carbocycles. The minimum absolute atomic E-state index is 0.309. The van der Waals surface area contributed by atoms with E-state index in [0.717, 1.165) is 11.1 Å². The van der Waals surface area contributed by atoms with Crippen LogP contribution in [0.4, 0.5) is 0 Å². The smallest absolute Gasteiger partial charge is 0.214 e. The number of rotatable bonds is 6. The molecule has 0 unspecified atom stereocenters. The van der Waals surface area contributed by atoms with Crippen molar-refractivity contribution in [3.05, 3.63) is 42.9 Å². The number of benzene rings is 1. The SMILES string of the molecule is CC(C)S(=O)(=O)N[C@H]1COC[C@H]1Oc1ccc(-c2ccoc2)cc1. The molecule has 2 aromatic rings. The van der Waals surface area contributed by atoms with Crippen LogP contribution in [-0.2, 0) is 14.8 Å². The second-order valence-electron chi connectivity index (χ2n) is 6.05. The Balaban J connectivity index is 1.66. The fourth-order valence-corrected chi connectivity index (χ4v) is 3.35. The van der Waals surface area contributed by atoms with Gasteiger partial charge < -0.3 is 13.9 Å². The summed E-state index contributed by atoms with van der Waals surface area (Å²) in [5, 5.41) is -0.493. The van der Waals surface area contributed by atoms with E-state index in [2.05, 4.69) is 4.72 Å². The van der Waals surface area contributed by atoms with E-state index in [1.54, 1.807) is 26.4 Å². The molecule has 3 rings (SSSR count). The number of furan rings is 1. The predicted octanol–water partition coefficient (Wildman–Crippen LogP) is 2.42. The van der Waals surface area contributed by atoms with E-state index in [1.165, 1.54) is 0 Å². The summed E-state index contributed by atoms with van der Waals surface area (Å²) in [7, 11) is -3.36. The molecule has 0 amide bonds. The first-order chi connectivity index (χ1) is 11.5. The average molecular weight is 351 g/mol. The van der Waals surface area contributed by atoms with Crippen molar-refractivity contribution < 1.29 is 22.3 Å². The molecule has 6 nitrogen and oxygen atoms in total. The first-order valence-corrected chi connectivity index (χ1v) is 9.38. The molecule has 1 aliphatic heterocycles. The summed E-state index contributed by atoms with van der Waals surface area (Å²) in [6.45, 7) is 3.95. The second kappa shape index (κ2) is 6.96. The van der Waals surface area contributed by atoms with Gasteiger partial charge in [-0.25, -0.2) is 13.1 Å². The Kier molecular flexibility index (Phi) is 4.93. The third kappa shape index (κ3) is 3.80. The van der Waals surface area contributed by atoms with Crippen LogP contribution in [0.15, 0.2) is 47.3 Å². The number of sulfonamides is 1. The maximum Gasteiger partial charge on any atom is 0.214 e. The van der Waals surface area contributed by atoms with Crippen molar-refractivity contribution in [3.63, 3.8) is 0 Å². The van der Waals surface area contributed by atoms with E-state index in [4.69, 9.17) is 13.9 Å². The van der Waals surface area contributed by atoms with Crippen LogP contribution in [0.1, 0.15) is 13.8 Å². The summed E-state index contributed by atoms with van der Waals surface area (Å²) in [5.74, 6) is 0.673. The van der Waals surface area contributed by atoms with Crippen LogP contribution >= 0.6 is 0 Å². The molecule has 2 heterocycles. The molecule has 1 aromatic heterocycles. The lowest BCUT2D eigenvalue weighted by molar-refractivity contribution is 0.140. The minimum atomic E-state index is -3.36. The number of hydrogen-bond donors (Lipinski definition) is 1. The standard InChI is InChI=1S/C17H21NO5S/c1-12(2)24(19,20)18-16-10-22-11-17(16)23-15-5-3-13(4-6-15)14-7-8-21-9-14/h3-9,12,16-18H,10-11H2,1-2H3/t16-,17+/m0/s1. The zero-order chi connectivity index (χ0) is 17.2. The summed E-state index contributed by atoms with van der Waals surface area (Å²) >= 11 is 0. The number of nitrogens with one attached hydrogen (secondary N) is 1. The van der Waals surface area contributed by atoms with Crippen LogP contribution in [0.25, 0.3) is 11.1 Å². The van der Waals surface area contributed by atoms with Crippen LogP contribution < -0.4 is 9.46 Å². The Morgan fingerprint density at radius 3 is 2.50 bits per heavy atom. The van der Waals surface area contributed by atoms with Gasteiger partial charge in [0.1, 0.15) is 11.9 Å². The molecule has 0 aliphatic carbocycles. The van der Waals surface area contributed by atoms with Gasteiger partial charge in [0.15, 0.2) is 0 Å². The van der Waals surface area contributed by atoms with Crippen molar-refractivity contribution >= 4 is 10.0 Å². The zero-order valence-electron chi connectivity index (χ0n) is 13.6. The molecule has 2 atom stereocenters. The normalized spacial score (nSPS) is 21.3. The van der Waals surface area contributed by atoms with E-state index in [-0.39, 0.29) is 12.1 Å². The summed E-state index contributed by atoms with van der Waals surface area (Å²) in [5.41, 5.74) is 2.02. The molecule has 0 bridgehead atoms. The van der Waals surface area contributed by atoms with Crippen LogP contribution in [0.3, 0.4) is 0 Å². The highest BCUT2D eigenvalue weighted by atomic mass is 32.2. The van der Waals surface area contributed by atoms with E-state index in [9.17, 15) is 8.42 Å². The van der Waals surface area contributed by atoms with Gasteiger partial charge in [-0.2, -0.15) is 0 Å². The molecule has 1 saturated heterocycles. The van der Waals surface area contributed by atoms with E-state index in [1.807, 2.05) is 30.3 Å². The molecular weight excluding hydrogens is 330 g/mol. The van der Waals surface area contributed by atoms with Crippen molar-refractivity contribution in [3.8, 4) is 16.9 Å². The Hall–Kier alpha value is -1.83. The van der Waals surface area contributed by atoms with Gasteiger partial charge >= 0.3 is 0 Å². The van der Waals surface area contributed by atoms with Gasteiger partial charge in [-0.05, 0) is 37.6 Å². The average Bonchev–Trinajstić information content (AvgIpc) is 3.20. The lowest BCUT2D eigenvalue weighted by Gasteiger charge is -2.21. The quantitative estimate of drug-likeness (QED) is 0.865. The molecular formula is C17H21NO5S. The Bertz CT molecular complexity index is 753. The predicted molar refractivity (Wildman–Crippen MR) is 90.4 cm³/mol. The largest absolute Gasteiger partial charge is 0.486 e. The van der Waals surface area contributed by atoms with Gasteiger partial charge in [0.2, 0.25) is 10.0 Å². The van der Waals surface area contributed by atoms with Gasteiger partial charge in [0.25, 0.3) is 0 Å². The Morgan fingerprint density at radius 1 is 1.12 bits per heavy atom. The van der Waals surface area contributed by atoms with Crippen LogP contribution in [-0.4, -0.2) is 39.0 Å². The number of ether oxygens (including phenoxy) is 2. The Morgan fingerprint density at radius 2 is 1.88 bits per heavy atom. The molecule has 1 N–H and O–H groups in total. The maximum absolute atomic E-state index is 12.0. The number of hydrogen-bond acceptors (Lipinski definition) is 5. The highest BCUT2D eigenvalue weighted by Gasteiger charge is 2.34. The van der Waals surface area contributed by atoms with Crippen molar-refractivity contribution in [2.75, 3.05) is 13.2 Å². The van der Waals surface area contributed by atoms with Gasteiger partial charge in [0, 0.05) is 5.56 Å². The molecule has 24 heavy (non-hydrogen) atoms. The van der Waals surface area contributed by atoms with Crippen LogP contribution in [0.2, 0.25) is 0 Å². The third-order valence-corrected chi connectivity index (χ3v) is 5.83. The van der Waals surface area contributed by atoms with E-state index in [0.29, 0.717) is 19.0 Å². The maximum atomic E-state index is 12.0. The van der Waals surface area contributed by atoms with Crippen molar-refractivity contribution in [1.29, 1.82) is 0 Å². The summed E-state index contributed by atoms with van der Waals surface area (Å²) < 4.78 is 43.1. The second-order valence-corrected chi connectivity index (χ2v) is 8.32. The van der Waals surface area contributed by atoms with Gasteiger partial charge in [0.05, 0.1) is 37.0 Å². The third-order valence-electron chi connectivity index (χ3n) is 3.96. The molecule has 0 spiro atoms. The van der Waals surface area contributed by atoms with E-state index < -0.39 is 15.3 Å². The first-order valence-electron chi connectivity index (χ1n) is 7.84. The molecule has 1 aromatic carbocycles. The lowest BCUT2D eigenvalue weighted by Crippen LogP contribution is -2.47. The van der Waals surface area contributed by atoms with Gasteiger partial charge in [-0.3, -0.25) is 0 Å². The minimum Gasteiger partial charge on any atom is -0.486 e. The molecule has 1 fully saturated rings. The lowest BCUT2D eigenvalue weighted by atomic mass is 10.1. The van der Waals surface area contributed by atoms with Crippen molar-refractivity contribution in [2.45, 2.75) is 31.2 Å². The molecule has 7 heteroatoms. The fourth-order valence-electron chi connectivity index (χ4n) is 2.44. The van der Waals surface area contributed by atoms with Gasteiger partial charge in [-0.15, -0.1) is 0 Å². The highest BCUT2D eigenvalue weighted by molar-refractivity contribution is 7.90. The summed E-state index contributed by atoms with van der Waals surface area (Å²) in [6.07, 6.45) is 2.96. The Labute approximate surface area is 141 Å². The van der Waals surface area contributed by atoms with E-state index >= 15 is 0 Å². The summed E-state index contributed by atoms with van der Waals surface area (Å²) in [6, 6.07) is 9.08. The zero-order valence-corrected chi connectivity index (χ0v) is 14.5. The monoisotopic (exact) mass is 351 g/mol. The highest BCUT2D eigenvalue weighted by Crippen LogP contribution is 2.24. The fraction of sp³-hybridized carbons (Fsp3) is 0.412. The molecule has 0 radical (unpaired) electrons. The van der Waals surface area contributed by atoms with Gasteiger partial charge in [-0.1, -0.05) is 12.1 Å². The molecule has 130 valence electrons. The van der Waals surface area contributed by atoms with Crippen LogP contribution in [0, 0.1) is 0 Å².